The van der Waals surface area contributed by atoms with Gasteiger partial charge in [0.2, 0.25) is 0 Å². The van der Waals surface area contributed by atoms with Gasteiger partial charge in [-0.2, -0.15) is 5.26 Å². The fraction of sp³-hybridized carbons (Fsp3) is 0.467. The van der Waals surface area contributed by atoms with Crippen LogP contribution < -0.4 is 5.32 Å². The first-order valence-electron chi connectivity index (χ1n) is 6.67. The molecule has 3 atom stereocenters. The van der Waals surface area contributed by atoms with E-state index in [-0.39, 0.29) is 12.1 Å². The maximum Gasteiger partial charge on any atom is 0.323 e. The summed E-state index contributed by atoms with van der Waals surface area (Å²) in [6.07, 6.45) is 2.75. The van der Waals surface area contributed by atoms with E-state index < -0.39 is 11.6 Å². The number of nitrogens with zero attached hydrogens (tertiary/aromatic N) is 1. The highest BCUT2D eigenvalue weighted by Gasteiger charge is 2.52. The van der Waals surface area contributed by atoms with Gasteiger partial charge < -0.3 is 4.74 Å². The van der Waals surface area contributed by atoms with Gasteiger partial charge in [-0.3, -0.25) is 10.1 Å². The molecule has 1 aliphatic carbocycles. The molecular weight excluding hydrogens is 240 g/mol. The Morgan fingerprint density at radius 3 is 2.95 bits per heavy atom. The molecule has 4 heteroatoms. The molecule has 1 aromatic rings. The van der Waals surface area contributed by atoms with Crippen molar-refractivity contribution in [2.75, 3.05) is 0 Å². The molecular formula is C15H16N2O2. The van der Waals surface area contributed by atoms with Crippen molar-refractivity contribution in [3.8, 4) is 6.07 Å². The van der Waals surface area contributed by atoms with Crippen LogP contribution in [-0.4, -0.2) is 23.7 Å². The van der Waals surface area contributed by atoms with Crippen LogP contribution in [0.25, 0.3) is 0 Å². The SMILES string of the molecule is N#C[C@@]12CCC[C@@H]1OC(=O)[C@H](Cc1ccccc1)N2. The minimum atomic E-state index is -0.673. The van der Waals surface area contributed by atoms with Crippen LogP contribution in [0.4, 0.5) is 0 Å². The summed E-state index contributed by atoms with van der Waals surface area (Å²) in [6, 6.07) is 11.7. The van der Waals surface area contributed by atoms with Crippen molar-refractivity contribution in [3.05, 3.63) is 35.9 Å². The molecule has 0 unspecified atom stereocenters. The van der Waals surface area contributed by atoms with E-state index in [1.54, 1.807) is 0 Å². The third-order valence-corrected chi connectivity index (χ3v) is 4.04. The first-order chi connectivity index (χ1) is 9.23. The Labute approximate surface area is 112 Å². The Morgan fingerprint density at radius 2 is 2.21 bits per heavy atom. The summed E-state index contributed by atoms with van der Waals surface area (Å²) in [4.78, 5) is 12.0. The average Bonchev–Trinajstić information content (AvgIpc) is 2.84. The summed E-state index contributed by atoms with van der Waals surface area (Å²) < 4.78 is 5.47. The van der Waals surface area contributed by atoms with Crippen molar-refractivity contribution in [3.63, 3.8) is 0 Å². The number of fused-ring (bicyclic) bond motifs is 1. The molecule has 0 spiro atoms. The normalized spacial score (nSPS) is 33.3. The first kappa shape index (κ1) is 12.2. The number of nitrogens with one attached hydrogen (secondary N) is 1. The lowest BCUT2D eigenvalue weighted by molar-refractivity contribution is -0.161. The second-order valence-electron chi connectivity index (χ2n) is 5.29. The maximum atomic E-state index is 12.0. The highest BCUT2D eigenvalue weighted by Crippen LogP contribution is 2.35. The molecule has 2 fully saturated rings. The van der Waals surface area contributed by atoms with Crippen LogP contribution in [0.3, 0.4) is 0 Å². The standard InChI is InChI=1S/C15H16N2O2/c16-10-15-8-4-7-13(15)19-14(18)12(17-15)9-11-5-2-1-3-6-11/h1-3,5-6,12-13,17H,4,7-9H2/t12-,13-,15-/m0/s1. The lowest BCUT2D eigenvalue weighted by Gasteiger charge is -2.38. The molecule has 2 aliphatic rings. The van der Waals surface area contributed by atoms with Crippen molar-refractivity contribution in [1.29, 1.82) is 5.26 Å². The monoisotopic (exact) mass is 256 g/mol. The zero-order valence-electron chi connectivity index (χ0n) is 10.6. The van der Waals surface area contributed by atoms with E-state index in [2.05, 4.69) is 11.4 Å². The van der Waals surface area contributed by atoms with Crippen LogP contribution in [0, 0.1) is 11.3 Å². The van der Waals surface area contributed by atoms with E-state index in [0.29, 0.717) is 6.42 Å². The molecule has 19 heavy (non-hydrogen) atoms. The molecule has 1 aromatic carbocycles. The lowest BCUT2D eigenvalue weighted by atomic mass is 9.91. The van der Waals surface area contributed by atoms with Gasteiger partial charge in [0, 0.05) is 0 Å². The van der Waals surface area contributed by atoms with Crippen molar-refractivity contribution < 1.29 is 9.53 Å². The predicted molar refractivity (Wildman–Crippen MR) is 69.1 cm³/mol. The molecule has 3 rings (SSSR count). The summed E-state index contributed by atoms with van der Waals surface area (Å²) in [5.41, 5.74) is 0.398. The molecule has 1 aliphatic heterocycles. The van der Waals surface area contributed by atoms with Crippen LogP contribution in [0.5, 0.6) is 0 Å². The Morgan fingerprint density at radius 1 is 1.42 bits per heavy atom. The summed E-state index contributed by atoms with van der Waals surface area (Å²) >= 11 is 0. The highest BCUT2D eigenvalue weighted by molar-refractivity contribution is 5.78. The molecule has 0 amide bonds. The van der Waals surface area contributed by atoms with Gasteiger partial charge in [-0.15, -0.1) is 0 Å². The summed E-state index contributed by atoms with van der Waals surface area (Å²) in [7, 11) is 0. The molecule has 1 saturated carbocycles. The third-order valence-electron chi connectivity index (χ3n) is 4.04. The van der Waals surface area contributed by atoms with Gasteiger partial charge in [-0.1, -0.05) is 30.3 Å². The first-order valence-corrected chi connectivity index (χ1v) is 6.67. The van der Waals surface area contributed by atoms with E-state index in [0.717, 1.165) is 24.8 Å². The zero-order chi connectivity index (χ0) is 13.3. The second-order valence-corrected chi connectivity index (χ2v) is 5.29. The fourth-order valence-electron chi connectivity index (χ4n) is 3.03. The second kappa shape index (κ2) is 4.67. The van der Waals surface area contributed by atoms with E-state index in [9.17, 15) is 10.1 Å². The number of esters is 1. The Hall–Kier alpha value is -1.86. The van der Waals surface area contributed by atoms with Gasteiger partial charge in [0.05, 0.1) is 6.07 Å². The summed E-state index contributed by atoms with van der Waals surface area (Å²) in [5, 5.41) is 12.7. The number of rotatable bonds is 2. The van der Waals surface area contributed by atoms with Crippen LogP contribution >= 0.6 is 0 Å². The van der Waals surface area contributed by atoms with Gasteiger partial charge >= 0.3 is 5.97 Å². The van der Waals surface area contributed by atoms with Crippen LogP contribution in [-0.2, 0) is 16.0 Å². The number of carbonyl (C=O) groups excluding carboxylic acids is 1. The van der Waals surface area contributed by atoms with Crippen molar-refractivity contribution in [2.24, 2.45) is 0 Å². The number of ether oxygens (including phenoxy) is 1. The van der Waals surface area contributed by atoms with Gasteiger partial charge in [0.25, 0.3) is 0 Å². The molecule has 0 aromatic heterocycles. The molecule has 1 N–H and O–H groups in total. The Balaban J connectivity index is 1.79. The van der Waals surface area contributed by atoms with Crippen molar-refractivity contribution >= 4 is 5.97 Å². The number of hydrogen-bond donors (Lipinski definition) is 1. The maximum absolute atomic E-state index is 12.0. The number of hydrogen-bond acceptors (Lipinski definition) is 4. The van der Waals surface area contributed by atoms with E-state index in [1.807, 2.05) is 30.3 Å². The molecule has 0 bridgehead atoms. The summed E-state index contributed by atoms with van der Waals surface area (Å²) in [5.74, 6) is -0.235. The van der Waals surface area contributed by atoms with Gasteiger partial charge in [-0.25, -0.2) is 0 Å². The average molecular weight is 256 g/mol. The lowest BCUT2D eigenvalue weighted by Crippen LogP contribution is -2.63. The number of morpholine rings is 1. The molecule has 1 heterocycles. The van der Waals surface area contributed by atoms with Gasteiger partial charge in [0.15, 0.2) is 0 Å². The van der Waals surface area contributed by atoms with E-state index in [1.165, 1.54) is 0 Å². The van der Waals surface area contributed by atoms with Crippen LogP contribution in [0.1, 0.15) is 24.8 Å². The minimum Gasteiger partial charge on any atom is -0.458 e. The Kier molecular flexibility index (Phi) is 3.00. The van der Waals surface area contributed by atoms with Crippen molar-refractivity contribution in [2.45, 2.75) is 43.4 Å². The molecule has 98 valence electrons. The number of nitriles is 1. The third kappa shape index (κ3) is 2.11. The quantitative estimate of drug-likeness (QED) is 0.816. The smallest absolute Gasteiger partial charge is 0.323 e. The van der Waals surface area contributed by atoms with Crippen molar-refractivity contribution in [1.82, 2.24) is 5.32 Å². The number of carbonyl (C=O) groups is 1. The fourth-order valence-corrected chi connectivity index (χ4v) is 3.03. The highest BCUT2D eigenvalue weighted by atomic mass is 16.6. The largest absolute Gasteiger partial charge is 0.458 e. The van der Waals surface area contributed by atoms with Crippen LogP contribution in [0.15, 0.2) is 30.3 Å². The van der Waals surface area contributed by atoms with Gasteiger partial charge in [0.1, 0.15) is 17.7 Å². The van der Waals surface area contributed by atoms with Gasteiger partial charge in [-0.05, 0) is 31.2 Å². The minimum absolute atomic E-state index is 0.235. The van der Waals surface area contributed by atoms with E-state index >= 15 is 0 Å². The number of benzene rings is 1. The van der Waals surface area contributed by atoms with Crippen LogP contribution in [0.2, 0.25) is 0 Å². The topological polar surface area (TPSA) is 62.1 Å². The Bertz CT molecular complexity index is 523. The zero-order valence-corrected chi connectivity index (χ0v) is 10.6. The molecule has 4 nitrogen and oxygen atoms in total. The summed E-state index contributed by atoms with van der Waals surface area (Å²) in [6.45, 7) is 0. The molecule has 0 radical (unpaired) electrons. The predicted octanol–water partition coefficient (Wildman–Crippen LogP) is 1.56. The molecule has 1 saturated heterocycles. The van der Waals surface area contributed by atoms with E-state index in [4.69, 9.17) is 4.74 Å².